The number of pyridine rings is 1. The number of rotatable bonds is 12. The van der Waals surface area contributed by atoms with E-state index in [2.05, 4.69) is 20.0 Å². The molecule has 2 fully saturated rings. The van der Waals surface area contributed by atoms with Crippen LogP contribution in [-0.2, 0) is 21.6 Å². The van der Waals surface area contributed by atoms with Gasteiger partial charge in [-0.3, -0.25) is 4.79 Å². The molecule has 0 radical (unpaired) electrons. The molecule has 1 aromatic carbocycles. The molecular weight excluding hydrogens is 730 g/mol. The van der Waals surface area contributed by atoms with E-state index in [9.17, 15) is 60.3 Å². The number of carbonyl (C=O) groups excluding carboxylic acids is 1. The molecule has 2 unspecified atom stereocenters. The summed E-state index contributed by atoms with van der Waals surface area (Å²) in [4.78, 5) is 19.2. The molecule has 1 amide bonds. The molecule has 1 saturated carbocycles. The van der Waals surface area contributed by atoms with Crippen LogP contribution in [0.4, 0.5) is 35.1 Å². The van der Waals surface area contributed by atoms with E-state index >= 15 is 0 Å². The lowest BCUT2D eigenvalue weighted by Crippen LogP contribution is -2.62. The number of thiazole rings is 1. The normalized spacial score (nSPS) is 23.5. The van der Waals surface area contributed by atoms with Gasteiger partial charge < -0.3 is 44.7 Å². The number of hydrogen-bond donors (Lipinski definition) is 5. The van der Waals surface area contributed by atoms with E-state index < -0.39 is 72.1 Å². The van der Waals surface area contributed by atoms with Gasteiger partial charge in [-0.2, -0.15) is 35.1 Å². The number of halogens is 8. The number of carbonyl (C=O) groups is 1. The Morgan fingerprint density at radius 2 is 1.65 bits per heavy atom. The Morgan fingerprint density at radius 1 is 0.961 bits per heavy atom. The number of benzene rings is 1. The second kappa shape index (κ2) is 14.6. The summed E-state index contributed by atoms with van der Waals surface area (Å²) in [5, 5.41) is 41.1. The molecular formula is C30H29F8N3O9S. The molecule has 1 aliphatic heterocycles. The highest BCUT2D eigenvalue weighted by atomic mass is 32.1. The predicted molar refractivity (Wildman–Crippen MR) is 156 cm³/mol. The van der Waals surface area contributed by atoms with E-state index in [1.165, 1.54) is 37.5 Å². The molecule has 5 N–H and O–H groups in total. The third-order valence-electron chi connectivity index (χ3n) is 7.95. The summed E-state index contributed by atoms with van der Waals surface area (Å²) in [7, 11) is 1.24. The molecule has 3 aromatic rings. The van der Waals surface area contributed by atoms with Crippen molar-refractivity contribution in [3.8, 4) is 17.4 Å². The zero-order valence-corrected chi connectivity index (χ0v) is 26.8. The average Bonchev–Trinajstić information content (AvgIpc) is 3.75. The van der Waals surface area contributed by atoms with Gasteiger partial charge in [-0.1, -0.05) is 12.1 Å². The van der Waals surface area contributed by atoms with Crippen molar-refractivity contribution in [2.24, 2.45) is 0 Å². The van der Waals surface area contributed by atoms with Crippen molar-refractivity contribution in [3.63, 3.8) is 0 Å². The van der Waals surface area contributed by atoms with Crippen LogP contribution in [0, 0.1) is 0 Å². The molecule has 1 aliphatic carbocycles. The Morgan fingerprint density at radius 3 is 2.22 bits per heavy atom. The van der Waals surface area contributed by atoms with Crippen LogP contribution in [0.25, 0.3) is 0 Å². The molecule has 1 saturated heterocycles. The largest absolute Gasteiger partial charge is 0.487 e. The fraction of sp³-hybridized carbons (Fsp3) is 0.500. The van der Waals surface area contributed by atoms with E-state index in [1.807, 2.05) is 0 Å². The number of aliphatic hydroxyl groups excluding tert-OH is 3. The Bertz CT molecular complexity index is 1660. The minimum Gasteiger partial charge on any atom is -0.487 e. The lowest BCUT2D eigenvalue weighted by Gasteiger charge is -2.39. The maximum atomic E-state index is 13.7. The lowest BCUT2D eigenvalue weighted by atomic mass is 9.91. The van der Waals surface area contributed by atoms with Crippen LogP contribution >= 0.6 is 11.3 Å². The van der Waals surface area contributed by atoms with Crippen LogP contribution in [0.15, 0.2) is 42.7 Å². The first-order valence-electron chi connectivity index (χ1n) is 14.9. The fourth-order valence-electron chi connectivity index (χ4n) is 5.05. The van der Waals surface area contributed by atoms with Gasteiger partial charge in [0.2, 0.25) is 12.2 Å². The van der Waals surface area contributed by atoms with Gasteiger partial charge in [0.25, 0.3) is 5.91 Å². The Kier molecular flexibility index (Phi) is 11.0. The van der Waals surface area contributed by atoms with Crippen molar-refractivity contribution in [2.45, 2.75) is 86.6 Å². The molecule has 5 rings (SSSR count). The minimum atomic E-state index is -6.20. The summed E-state index contributed by atoms with van der Waals surface area (Å²) in [6.07, 6.45) is -18.6. The van der Waals surface area contributed by atoms with Crippen LogP contribution in [-0.4, -0.2) is 99.1 Å². The number of aliphatic hydroxyl groups is 4. The number of alkyl halides is 8. The predicted octanol–water partition coefficient (Wildman–Crippen LogP) is 3.30. The monoisotopic (exact) mass is 759 g/mol. The van der Waals surface area contributed by atoms with Crippen molar-refractivity contribution in [2.75, 3.05) is 7.05 Å². The maximum absolute atomic E-state index is 13.7. The van der Waals surface area contributed by atoms with Gasteiger partial charge in [-0.15, -0.1) is 11.3 Å². The summed E-state index contributed by atoms with van der Waals surface area (Å²) < 4.78 is 129. The van der Waals surface area contributed by atoms with Crippen molar-refractivity contribution >= 4 is 17.2 Å². The fourth-order valence-corrected chi connectivity index (χ4v) is 6.23. The number of likely N-dealkylation sites (N-methyl/N-ethyl adjacent to an activating group) is 1. The molecule has 0 bridgehead atoms. The first-order chi connectivity index (χ1) is 23.8. The van der Waals surface area contributed by atoms with Crippen molar-refractivity contribution in [3.05, 3.63) is 63.7 Å². The van der Waals surface area contributed by atoms with E-state index in [0.717, 1.165) is 12.3 Å². The Labute approximate surface area is 286 Å². The van der Waals surface area contributed by atoms with Gasteiger partial charge >= 0.3 is 24.6 Å². The molecule has 3 heterocycles. The van der Waals surface area contributed by atoms with Crippen molar-refractivity contribution < 1.29 is 79.3 Å². The standard InChI is InChI=1S/C30H29F8N3O9S/c1-39-24(45)23-21(43)20(42)22(44)25(50-23)49-19-7-2-12(10-40-19)8-15(13-3-6-16(48-27(31)32)17(9-13)47-14-4-5-14)18-11-41-26(51-18)28(46,29(33,34)35)30(36,37)38/h2-3,6-7,9-11,14-15,20-23,25,27,42-44,46H,4-5,8H2,1H3,(H,39,45)/t15-,20?,21-,22-,23?,25+/m0/s1. The zero-order chi connectivity index (χ0) is 37.5. The second-order valence-corrected chi connectivity index (χ2v) is 12.6. The molecule has 280 valence electrons. The van der Waals surface area contributed by atoms with E-state index in [1.54, 1.807) is 0 Å². The van der Waals surface area contributed by atoms with E-state index in [-0.39, 0.29) is 51.7 Å². The van der Waals surface area contributed by atoms with Gasteiger partial charge in [0, 0.05) is 36.3 Å². The third kappa shape index (κ3) is 8.12. The summed E-state index contributed by atoms with van der Waals surface area (Å²) in [6, 6.07) is 6.25. The summed E-state index contributed by atoms with van der Waals surface area (Å²) in [5.74, 6) is -2.69. The number of nitrogens with one attached hydrogen (secondary N) is 1. The first-order valence-corrected chi connectivity index (χ1v) is 15.8. The molecule has 2 aliphatic rings. The molecule has 12 nitrogen and oxygen atoms in total. The van der Waals surface area contributed by atoms with Crippen LogP contribution in [0.3, 0.4) is 0 Å². The smallest absolute Gasteiger partial charge is 0.433 e. The minimum absolute atomic E-state index is 0.0653. The molecule has 0 spiro atoms. The quantitative estimate of drug-likeness (QED) is 0.172. The van der Waals surface area contributed by atoms with Crippen molar-refractivity contribution in [1.82, 2.24) is 15.3 Å². The first kappa shape index (κ1) is 38.3. The maximum Gasteiger partial charge on any atom is 0.433 e. The van der Waals surface area contributed by atoms with Gasteiger partial charge in [-0.25, -0.2) is 9.97 Å². The molecule has 6 atom stereocenters. The SMILES string of the molecule is CNC(=O)C1O[C@@H](Oc2ccc(C[C@@H](c3ccc(OC(F)F)c(OC4CC4)c3)c3cnc(C(O)(C(F)(F)F)C(F)(F)F)s3)cn2)[C@@H](O)C(O)[C@@H]1O. The molecule has 2 aromatic heterocycles. The number of ether oxygens (including phenoxy) is 4. The molecule has 21 heteroatoms. The highest BCUT2D eigenvalue weighted by Crippen LogP contribution is 2.52. The van der Waals surface area contributed by atoms with E-state index in [4.69, 9.17) is 14.2 Å². The number of amides is 1. The van der Waals surface area contributed by atoms with Crippen LogP contribution in [0.1, 0.15) is 39.8 Å². The van der Waals surface area contributed by atoms with Crippen molar-refractivity contribution in [1.29, 1.82) is 0 Å². The van der Waals surface area contributed by atoms with Gasteiger partial charge in [0.15, 0.2) is 17.6 Å². The average molecular weight is 760 g/mol. The topological polar surface area (TPSA) is 173 Å². The second-order valence-electron chi connectivity index (χ2n) is 11.6. The third-order valence-corrected chi connectivity index (χ3v) is 9.17. The number of hydrogen-bond acceptors (Lipinski definition) is 12. The summed E-state index contributed by atoms with van der Waals surface area (Å²) >= 11 is -0.0653. The zero-order valence-electron chi connectivity index (χ0n) is 25.9. The van der Waals surface area contributed by atoms with Crippen LogP contribution in [0.5, 0.6) is 17.4 Å². The summed E-state index contributed by atoms with van der Waals surface area (Å²) in [6.45, 7) is -3.24. The number of aromatic nitrogens is 2. The Hall–Kier alpha value is -3.89. The van der Waals surface area contributed by atoms with Gasteiger partial charge in [-0.05, 0) is 42.5 Å². The van der Waals surface area contributed by atoms with Gasteiger partial charge in [0.1, 0.15) is 23.3 Å². The molecule has 51 heavy (non-hydrogen) atoms. The summed E-state index contributed by atoms with van der Waals surface area (Å²) in [5.41, 5.74) is -4.82. The van der Waals surface area contributed by atoms with Crippen LogP contribution < -0.4 is 19.5 Å². The van der Waals surface area contributed by atoms with E-state index in [0.29, 0.717) is 18.4 Å². The number of nitrogens with zero attached hydrogens (tertiary/aromatic N) is 2. The lowest BCUT2D eigenvalue weighted by molar-refractivity contribution is -0.376. The Balaban J connectivity index is 1.47. The highest BCUT2D eigenvalue weighted by Gasteiger charge is 2.73. The highest BCUT2D eigenvalue weighted by molar-refractivity contribution is 7.11. The van der Waals surface area contributed by atoms with Gasteiger partial charge in [0.05, 0.1) is 6.10 Å². The van der Waals surface area contributed by atoms with Crippen LogP contribution in [0.2, 0.25) is 0 Å².